The number of carbonyl (C=O) groups is 1. The summed E-state index contributed by atoms with van der Waals surface area (Å²) in [6.07, 6.45) is 8.00. The Kier molecular flexibility index (Phi) is 4.98. The van der Waals surface area contributed by atoms with Gasteiger partial charge in [-0.05, 0) is 23.3 Å². The lowest BCUT2D eigenvalue weighted by Crippen LogP contribution is -2.25. The molecular formula is C17H26O3. The number of hydrogen-bond donors (Lipinski definition) is 2. The number of rotatable bonds is 4. The van der Waals surface area contributed by atoms with Gasteiger partial charge in [0.15, 0.2) is 0 Å². The van der Waals surface area contributed by atoms with Crippen LogP contribution in [0, 0.1) is 16.7 Å². The fourth-order valence-corrected chi connectivity index (χ4v) is 2.21. The molecule has 0 aromatic rings. The van der Waals surface area contributed by atoms with E-state index in [2.05, 4.69) is 32.9 Å². The van der Waals surface area contributed by atoms with Crippen molar-refractivity contribution in [2.75, 3.05) is 6.61 Å². The van der Waals surface area contributed by atoms with Gasteiger partial charge < -0.3 is 10.2 Å². The number of hydrogen-bond acceptors (Lipinski definition) is 2. The molecule has 0 spiro atoms. The van der Waals surface area contributed by atoms with E-state index in [-0.39, 0.29) is 23.4 Å². The Morgan fingerprint density at radius 2 is 1.95 bits per heavy atom. The summed E-state index contributed by atoms with van der Waals surface area (Å²) < 4.78 is 0. The molecule has 1 unspecified atom stereocenters. The molecule has 1 aliphatic carbocycles. The van der Waals surface area contributed by atoms with Crippen LogP contribution in [0.4, 0.5) is 0 Å². The summed E-state index contributed by atoms with van der Waals surface area (Å²) in [6, 6.07) is 0. The van der Waals surface area contributed by atoms with Crippen LogP contribution in [0.5, 0.6) is 0 Å². The molecule has 3 nitrogen and oxygen atoms in total. The second-order valence-corrected chi connectivity index (χ2v) is 7.15. The van der Waals surface area contributed by atoms with Crippen molar-refractivity contribution in [3.05, 3.63) is 35.5 Å². The lowest BCUT2D eigenvalue weighted by Gasteiger charge is -2.34. The van der Waals surface area contributed by atoms with Crippen LogP contribution in [0.3, 0.4) is 0 Å². The molecule has 0 radical (unpaired) electrons. The van der Waals surface area contributed by atoms with Gasteiger partial charge in [-0.3, -0.25) is 0 Å². The number of carboxylic acids is 1. The Morgan fingerprint density at radius 1 is 1.35 bits per heavy atom. The lowest BCUT2D eigenvalue weighted by atomic mass is 9.72. The van der Waals surface area contributed by atoms with Crippen molar-refractivity contribution in [1.29, 1.82) is 0 Å². The van der Waals surface area contributed by atoms with Crippen molar-refractivity contribution in [1.82, 2.24) is 0 Å². The predicted octanol–water partition coefficient (Wildman–Crippen LogP) is 3.56. The van der Waals surface area contributed by atoms with Gasteiger partial charge in [0, 0.05) is 11.5 Å². The standard InChI is InChI=1S/C17H26O3/c1-16(2,3)13-8-12(6-7-15(19)20)9-14(10-13)17(4,5)11-18/h6-8,10,12,18H,9,11H2,1-5H3,(H,19,20)/b7-6+. The highest BCUT2D eigenvalue weighted by Gasteiger charge is 2.29. The first kappa shape index (κ1) is 16.7. The van der Waals surface area contributed by atoms with E-state index in [4.69, 9.17) is 5.11 Å². The van der Waals surface area contributed by atoms with E-state index in [0.717, 1.165) is 6.42 Å². The third kappa shape index (κ3) is 4.34. The summed E-state index contributed by atoms with van der Waals surface area (Å²) >= 11 is 0. The second kappa shape index (κ2) is 5.96. The molecule has 0 heterocycles. The van der Waals surface area contributed by atoms with Gasteiger partial charge >= 0.3 is 5.97 Å². The fraction of sp³-hybridized carbons (Fsp3) is 0.588. The Morgan fingerprint density at radius 3 is 2.40 bits per heavy atom. The van der Waals surface area contributed by atoms with Crippen molar-refractivity contribution in [2.24, 2.45) is 16.7 Å². The number of carboxylic acid groups (broad SMARTS) is 1. The van der Waals surface area contributed by atoms with Crippen LogP contribution in [-0.4, -0.2) is 22.8 Å². The Bertz CT molecular complexity index is 459. The van der Waals surface area contributed by atoms with Crippen LogP contribution in [-0.2, 0) is 4.79 Å². The zero-order valence-corrected chi connectivity index (χ0v) is 13.1. The average molecular weight is 278 g/mol. The molecule has 1 atom stereocenters. The SMILES string of the molecule is CC(C)(C)C1=CC(/C=C/C(=O)O)CC(C(C)(C)CO)=C1. The highest BCUT2D eigenvalue weighted by Crippen LogP contribution is 2.40. The molecule has 0 aliphatic heterocycles. The minimum absolute atomic E-state index is 0.00647. The van der Waals surface area contributed by atoms with Gasteiger partial charge in [0.1, 0.15) is 0 Å². The van der Waals surface area contributed by atoms with Crippen LogP contribution in [0.1, 0.15) is 41.0 Å². The molecular weight excluding hydrogens is 252 g/mol. The Balaban J connectivity index is 3.14. The van der Waals surface area contributed by atoms with E-state index in [1.807, 2.05) is 13.8 Å². The number of aliphatic carboxylic acids is 1. The summed E-state index contributed by atoms with van der Waals surface area (Å²) in [5.41, 5.74) is 2.10. The van der Waals surface area contributed by atoms with Gasteiger partial charge in [-0.25, -0.2) is 4.79 Å². The Hall–Kier alpha value is -1.35. The molecule has 3 heteroatoms. The first-order valence-electron chi connectivity index (χ1n) is 7.01. The normalized spacial score (nSPS) is 20.8. The number of aliphatic hydroxyl groups is 1. The van der Waals surface area contributed by atoms with Crippen molar-refractivity contribution in [3.8, 4) is 0 Å². The van der Waals surface area contributed by atoms with E-state index in [9.17, 15) is 9.90 Å². The molecule has 0 aromatic carbocycles. The van der Waals surface area contributed by atoms with Crippen LogP contribution < -0.4 is 0 Å². The molecule has 0 saturated heterocycles. The summed E-state index contributed by atoms with van der Waals surface area (Å²) in [5, 5.41) is 18.3. The number of allylic oxidation sites excluding steroid dienone is 4. The van der Waals surface area contributed by atoms with Gasteiger partial charge in [-0.15, -0.1) is 0 Å². The zero-order chi connectivity index (χ0) is 15.6. The third-order valence-corrected chi connectivity index (χ3v) is 3.80. The smallest absolute Gasteiger partial charge is 0.327 e. The van der Waals surface area contributed by atoms with Crippen molar-refractivity contribution in [2.45, 2.75) is 41.0 Å². The van der Waals surface area contributed by atoms with E-state index in [0.29, 0.717) is 0 Å². The first-order valence-corrected chi connectivity index (χ1v) is 7.01. The largest absolute Gasteiger partial charge is 0.478 e. The third-order valence-electron chi connectivity index (χ3n) is 3.80. The van der Waals surface area contributed by atoms with Crippen molar-refractivity contribution < 1.29 is 15.0 Å². The molecule has 1 aliphatic rings. The molecule has 0 saturated carbocycles. The van der Waals surface area contributed by atoms with Crippen LogP contribution in [0.25, 0.3) is 0 Å². The minimum Gasteiger partial charge on any atom is -0.478 e. The maximum absolute atomic E-state index is 10.7. The van der Waals surface area contributed by atoms with E-state index in [1.165, 1.54) is 17.2 Å². The lowest BCUT2D eigenvalue weighted by molar-refractivity contribution is -0.131. The van der Waals surface area contributed by atoms with Gasteiger partial charge in [-0.2, -0.15) is 0 Å². The fourth-order valence-electron chi connectivity index (χ4n) is 2.21. The van der Waals surface area contributed by atoms with Gasteiger partial charge in [0.25, 0.3) is 0 Å². The first-order chi connectivity index (χ1) is 9.06. The van der Waals surface area contributed by atoms with Gasteiger partial charge in [0.2, 0.25) is 0 Å². The van der Waals surface area contributed by atoms with Gasteiger partial charge in [0.05, 0.1) is 6.61 Å². The molecule has 20 heavy (non-hydrogen) atoms. The highest BCUT2D eigenvalue weighted by molar-refractivity contribution is 5.79. The number of aliphatic hydroxyl groups excluding tert-OH is 1. The quantitative estimate of drug-likeness (QED) is 0.773. The molecule has 0 fully saturated rings. The second-order valence-electron chi connectivity index (χ2n) is 7.15. The van der Waals surface area contributed by atoms with Crippen LogP contribution >= 0.6 is 0 Å². The van der Waals surface area contributed by atoms with Crippen LogP contribution in [0.15, 0.2) is 35.5 Å². The predicted molar refractivity (Wildman–Crippen MR) is 81.4 cm³/mol. The monoisotopic (exact) mass is 278 g/mol. The zero-order valence-electron chi connectivity index (χ0n) is 13.1. The summed E-state index contributed by atoms with van der Waals surface area (Å²) in [4.78, 5) is 10.7. The van der Waals surface area contributed by atoms with Crippen LogP contribution in [0.2, 0.25) is 0 Å². The average Bonchev–Trinajstić information content (AvgIpc) is 2.35. The van der Waals surface area contributed by atoms with Crippen molar-refractivity contribution in [3.63, 3.8) is 0 Å². The Labute approximate surface area is 121 Å². The maximum atomic E-state index is 10.7. The summed E-state index contributed by atoms with van der Waals surface area (Å²) in [5.74, 6) is -0.848. The molecule has 0 amide bonds. The topological polar surface area (TPSA) is 57.5 Å². The minimum atomic E-state index is -0.923. The summed E-state index contributed by atoms with van der Waals surface area (Å²) in [6.45, 7) is 10.5. The summed E-state index contributed by atoms with van der Waals surface area (Å²) in [7, 11) is 0. The molecule has 0 aromatic heterocycles. The van der Waals surface area contributed by atoms with E-state index in [1.54, 1.807) is 6.08 Å². The highest BCUT2D eigenvalue weighted by atomic mass is 16.4. The molecule has 0 bridgehead atoms. The van der Waals surface area contributed by atoms with Crippen molar-refractivity contribution >= 4 is 5.97 Å². The molecule has 112 valence electrons. The van der Waals surface area contributed by atoms with Gasteiger partial charge in [-0.1, -0.05) is 58.4 Å². The van der Waals surface area contributed by atoms with E-state index < -0.39 is 5.97 Å². The molecule has 1 rings (SSSR count). The maximum Gasteiger partial charge on any atom is 0.327 e. The molecule has 2 N–H and O–H groups in total. The van der Waals surface area contributed by atoms with E-state index >= 15 is 0 Å².